The van der Waals surface area contributed by atoms with Crippen LogP contribution in [-0.4, -0.2) is 11.1 Å². The molecule has 0 aromatic heterocycles. The van der Waals surface area contributed by atoms with Gasteiger partial charge in [0, 0.05) is 11.6 Å². The van der Waals surface area contributed by atoms with Crippen molar-refractivity contribution in [2.75, 3.05) is 0 Å². The molecule has 0 bridgehead atoms. The van der Waals surface area contributed by atoms with E-state index in [2.05, 4.69) is 0 Å². The minimum Gasteiger partial charge on any atom is -0.478 e. The van der Waals surface area contributed by atoms with Gasteiger partial charge in [-0.3, -0.25) is 0 Å². The van der Waals surface area contributed by atoms with Gasteiger partial charge in [-0.25, -0.2) is 9.18 Å². The second kappa shape index (κ2) is 4.73. The van der Waals surface area contributed by atoms with Gasteiger partial charge in [-0.2, -0.15) is 0 Å². The molecule has 80 valence electrons. The van der Waals surface area contributed by atoms with Crippen LogP contribution < -0.4 is 0 Å². The minimum absolute atomic E-state index is 0.0296. The van der Waals surface area contributed by atoms with E-state index >= 15 is 0 Å². The molecule has 0 saturated carbocycles. The molecule has 2 nitrogen and oxygen atoms in total. The summed E-state index contributed by atoms with van der Waals surface area (Å²) < 4.78 is 13.4. The predicted molar refractivity (Wildman–Crippen MR) is 56.9 cm³/mol. The van der Waals surface area contributed by atoms with E-state index in [9.17, 15) is 9.18 Å². The molecule has 1 rings (SSSR count). The molecular formula is C12H13FO2. The first-order valence-electron chi connectivity index (χ1n) is 4.71. The van der Waals surface area contributed by atoms with Gasteiger partial charge in [0.2, 0.25) is 0 Å². The van der Waals surface area contributed by atoms with E-state index in [-0.39, 0.29) is 5.92 Å². The van der Waals surface area contributed by atoms with Crippen molar-refractivity contribution in [3.63, 3.8) is 0 Å². The molecule has 0 aliphatic rings. The lowest BCUT2D eigenvalue weighted by Gasteiger charge is -2.11. The Morgan fingerprint density at radius 3 is 2.47 bits per heavy atom. The number of rotatable bonds is 3. The van der Waals surface area contributed by atoms with Crippen LogP contribution in [0.1, 0.15) is 19.4 Å². The van der Waals surface area contributed by atoms with Gasteiger partial charge in [-0.05, 0) is 17.6 Å². The summed E-state index contributed by atoms with van der Waals surface area (Å²) >= 11 is 0. The summed E-state index contributed by atoms with van der Waals surface area (Å²) in [7, 11) is 0. The predicted octanol–water partition coefficient (Wildman–Crippen LogP) is 2.95. The molecule has 0 atom stereocenters. The van der Waals surface area contributed by atoms with Crippen LogP contribution in [0.3, 0.4) is 0 Å². The van der Waals surface area contributed by atoms with Gasteiger partial charge in [0.25, 0.3) is 0 Å². The zero-order chi connectivity index (χ0) is 11.4. The molecule has 0 amide bonds. The van der Waals surface area contributed by atoms with E-state index in [0.29, 0.717) is 11.1 Å². The van der Waals surface area contributed by atoms with Gasteiger partial charge in [0.1, 0.15) is 5.82 Å². The molecule has 0 aliphatic carbocycles. The highest BCUT2D eigenvalue weighted by atomic mass is 19.1. The maximum atomic E-state index is 13.4. The van der Waals surface area contributed by atoms with E-state index in [1.807, 2.05) is 13.8 Å². The molecule has 0 unspecified atom stereocenters. The Morgan fingerprint density at radius 2 is 2.00 bits per heavy atom. The first kappa shape index (κ1) is 11.4. The van der Waals surface area contributed by atoms with Gasteiger partial charge < -0.3 is 5.11 Å². The average molecular weight is 208 g/mol. The largest absolute Gasteiger partial charge is 0.478 e. The third kappa shape index (κ3) is 2.91. The average Bonchev–Trinajstić information content (AvgIpc) is 2.15. The van der Waals surface area contributed by atoms with Crippen LogP contribution >= 0.6 is 0 Å². The molecule has 0 heterocycles. The molecule has 3 heteroatoms. The number of carbonyl (C=O) groups is 1. The number of carboxylic acid groups (broad SMARTS) is 1. The Hall–Kier alpha value is -1.64. The van der Waals surface area contributed by atoms with Crippen LogP contribution in [0, 0.1) is 11.7 Å². The molecule has 0 saturated heterocycles. The Labute approximate surface area is 88.1 Å². The topological polar surface area (TPSA) is 37.3 Å². The van der Waals surface area contributed by atoms with Crippen molar-refractivity contribution in [3.05, 3.63) is 41.7 Å². The van der Waals surface area contributed by atoms with Crippen molar-refractivity contribution in [1.82, 2.24) is 0 Å². The number of aliphatic carboxylic acids is 1. The molecule has 15 heavy (non-hydrogen) atoms. The second-order valence-electron chi connectivity index (χ2n) is 3.57. The fourth-order valence-electron chi connectivity index (χ4n) is 1.38. The fourth-order valence-corrected chi connectivity index (χ4v) is 1.38. The quantitative estimate of drug-likeness (QED) is 0.775. The first-order chi connectivity index (χ1) is 7.02. The maximum Gasteiger partial charge on any atom is 0.328 e. The number of carboxylic acids is 1. The SMILES string of the molecule is CC(C)/C(=C\C(=O)O)c1ccccc1F. The van der Waals surface area contributed by atoms with E-state index in [4.69, 9.17) is 5.11 Å². The van der Waals surface area contributed by atoms with E-state index in [0.717, 1.165) is 6.08 Å². The Bertz CT molecular complexity index is 394. The number of allylic oxidation sites excluding steroid dienone is 1. The molecule has 1 aromatic carbocycles. The number of halogens is 1. The monoisotopic (exact) mass is 208 g/mol. The van der Waals surface area contributed by atoms with Crippen LogP contribution in [0.5, 0.6) is 0 Å². The molecule has 0 radical (unpaired) electrons. The van der Waals surface area contributed by atoms with Crippen LogP contribution in [0.4, 0.5) is 4.39 Å². The Balaban J connectivity index is 3.22. The standard InChI is InChI=1S/C12H13FO2/c1-8(2)10(7-12(14)15)9-5-3-4-6-11(9)13/h3-8H,1-2H3,(H,14,15)/b10-7+. The third-order valence-electron chi connectivity index (χ3n) is 2.09. The van der Waals surface area contributed by atoms with Crippen LogP contribution in [-0.2, 0) is 4.79 Å². The summed E-state index contributed by atoms with van der Waals surface area (Å²) in [6, 6.07) is 6.19. The number of benzene rings is 1. The summed E-state index contributed by atoms with van der Waals surface area (Å²) in [4.78, 5) is 10.6. The van der Waals surface area contributed by atoms with Crippen LogP contribution in [0.15, 0.2) is 30.3 Å². The number of hydrogen-bond donors (Lipinski definition) is 1. The van der Waals surface area contributed by atoms with Crippen LogP contribution in [0.2, 0.25) is 0 Å². The zero-order valence-electron chi connectivity index (χ0n) is 8.70. The Morgan fingerprint density at radius 1 is 1.40 bits per heavy atom. The first-order valence-corrected chi connectivity index (χ1v) is 4.71. The molecular weight excluding hydrogens is 195 g/mol. The van der Waals surface area contributed by atoms with Gasteiger partial charge in [0.05, 0.1) is 0 Å². The number of hydrogen-bond acceptors (Lipinski definition) is 1. The van der Waals surface area contributed by atoms with Gasteiger partial charge in [-0.1, -0.05) is 32.0 Å². The molecule has 0 aliphatic heterocycles. The summed E-state index contributed by atoms with van der Waals surface area (Å²) in [6.07, 6.45) is 1.06. The third-order valence-corrected chi connectivity index (χ3v) is 2.09. The van der Waals surface area contributed by atoms with Gasteiger partial charge in [-0.15, -0.1) is 0 Å². The van der Waals surface area contributed by atoms with Gasteiger partial charge in [0.15, 0.2) is 0 Å². The van der Waals surface area contributed by atoms with Gasteiger partial charge >= 0.3 is 5.97 Å². The summed E-state index contributed by atoms with van der Waals surface area (Å²) in [5.74, 6) is -1.47. The second-order valence-corrected chi connectivity index (χ2v) is 3.57. The highest BCUT2D eigenvalue weighted by molar-refractivity contribution is 5.90. The molecule has 1 aromatic rings. The van der Waals surface area contributed by atoms with E-state index in [1.54, 1.807) is 18.2 Å². The highest BCUT2D eigenvalue weighted by Crippen LogP contribution is 2.25. The van der Waals surface area contributed by atoms with Crippen LogP contribution in [0.25, 0.3) is 5.57 Å². The smallest absolute Gasteiger partial charge is 0.328 e. The Kier molecular flexibility index (Phi) is 3.61. The van der Waals surface area contributed by atoms with Crippen molar-refractivity contribution in [1.29, 1.82) is 0 Å². The molecule has 0 fully saturated rings. The van der Waals surface area contributed by atoms with Crippen molar-refractivity contribution in [2.24, 2.45) is 5.92 Å². The summed E-state index contributed by atoms with van der Waals surface area (Å²) in [5, 5.41) is 8.69. The van der Waals surface area contributed by atoms with Crippen molar-refractivity contribution < 1.29 is 14.3 Å². The lowest BCUT2D eigenvalue weighted by molar-refractivity contribution is -0.131. The lowest BCUT2D eigenvalue weighted by atomic mass is 9.94. The van der Waals surface area contributed by atoms with Crippen molar-refractivity contribution in [3.8, 4) is 0 Å². The van der Waals surface area contributed by atoms with Crippen molar-refractivity contribution >= 4 is 11.5 Å². The van der Waals surface area contributed by atoms with Crippen molar-refractivity contribution in [2.45, 2.75) is 13.8 Å². The fraction of sp³-hybridized carbons (Fsp3) is 0.250. The summed E-state index contributed by atoms with van der Waals surface area (Å²) in [6.45, 7) is 3.67. The normalized spacial score (nSPS) is 11.9. The lowest BCUT2D eigenvalue weighted by Crippen LogP contribution is -2.00. The maximum absolute atomic E-state index is 13.4. The highest BCUT2D eigenvalue weighted by Gasteiger charge is 2.12. The molecule has 1 N–H and O–H groups in total. The zero-order valence-corrected chi connectivity index (χ0v) is 8.70. The summed E-state index contributed by atoms with van der Waals surface area (Å²) in [5.41, 5.74) is 0.857. The minimum atomic E-state index is -1.05. The molecule has 0 spiro atoms. The van der Waals surface area contributed by atoms with E-state index < -0.39 is 11.8 Å². The van der Waals surface area contributed by atoms with E-state index in [1.165, 1.54) is 6.07 Å².